The van der Waals surface area contributed by atoms with Crippen molar-refractivity contribution in [3.05, 3.63) is 94.4 Å². The number of furan rings is 1. The second-order valence-electron chi connectivity index (χ2n) is 7.33. The Morgan fingerprint density at radius 3 is 2.47 bits per heavy atom. The fraction of sp³-hybridized carbons (Fsp3) is 0.261. The van der Waals surface area contributed by atoms with Gasteiger partial charge in [-0.05, 0) is 55.2 Å². The van der Waals surface area contributed by atoms with Crippen molar-refractivity contribution in [2.75, 3.05) is 0 Å². The van der Waals surface area contributed by atoms with Gasteiger partial charge < -0.3 is 9.73 Å². The summed E-state index contributed by atoms with van der Waals surface area (Å²) in [6.07, 6.45) is 1.64. The van der Waals surface area contributed by atoms with Gasteiger partial charge in [-0.25, -0.2) is 8.42 Å². The lowest BCUT2D eigenvalue weighted by atomic mass is 10.1. The third kappa shape index (κ3) is 6.75. The third-order valence-electron chi connectivity index (χ3n) is 4.61. The molecular formula is C23H24ClNO4S. The quantitative estimate of drug-likeness (QED) is 0.513. The van der Waals surface area contributed by atoms with E-state index in [2.05, 4.69) is 17.4 Å². The first-order valence-electron chi connectivity index (χ1n) is 9.69. The number of hydrogen-bond donors (Lipinski definition) is 1. The number of halogens is 1. The van der Waals surface area contributed by atoms with Crippen molar-refractivity contribution in [2.24, 2.45) is 0 Å². The molecule has 7 heteroatoms. The monoisotopic (exact) mass is 445 g/mol. The van der Waals surface area contributed by atoms with Gasteiger partial charge in [-0.3, -0.25) is 4.79 Å². The number of sulfone groups is 1. The van der Waals surface area contributed by atoms with E-state index in [4.69, 9.17) is 16.0 Å². The predicted octanol–water partition coefficient (Wildman–Crippen LogP) is 4.80. The van der Waals surface area contributed by atoms with Crippen LogP contribution in [-0.4, -0.2) is 20.4 Å². The highest BCUT2D eigenvalue weighted by Crippen LogP contribution is 2.18. The lowest BCUT2D eigenvalue weighted by Crippen LogP contribution is -2.32. The molecular weight excluding hydrogens is 422 g/mol. The normalized spacial score (nSPS) is 12.5. The Morgan fingerprint density at radius 2 is 1.73 bits per heavy atom. The molecule has 0 bridgehead atoms. The van der Waals surface area contributed by atoms with Crippen LogP contribution in [0.5, 0.6) is 0 Å². The third-order valence-corrected chi connectivity index (χ3v) is 6.34. The Hall–Kier alpha value is -2.57. The number of amides is 1. The summed E-state index contributed by atoms with van der Waals surface area (Å²) in [5, 5.41) is 3.38. The molecule has 0 saturated carbocycles. The summed E-state index contributed by atoms with van der Waals surface area (Å²) in [6, 6.07) is 19.8. The number of benzene rings is 2. The van der Waals surface area contributed by atoms with Crippen molar-refractivity contribution < 1.29 is 17.6 Å². The van der Waals surface area contributed by atoms with Gasteiger partial charge in [0.05, 0.1) is 5.75 Å². The molecule has 158 valence electrons. The van der Waals surface area contributed by atoms with E-state index in [1.54, 1.807) is 24.3 Å². The van der Waals surface area contributed by atoms with Crippen LogP contribution in [0.1, 0.15) is 40.8 Å². The minimum atomic E-state index is -3.46. The summed E-state index contributed by atoms with van der Waals surface area (Å²) in [4.78, 5) is 12.4. The summed E-state index contributed by atoms with van der Waals surface area (Å²) in [5.74, 6) is -0.439. The second-order valence-corrected chi connectivity index (χ2v) is 9.83. The molecule has 0 unspecified atom stereocenters. The van der Waals surface area contributed by atoms with Gasteiger partial charge in [0.2, 0.25) is 0 Å². The molecule has 30 heavy (non-hydrogen) atoms. The molecule has 1 atom stereocenters. The molecule has 0 aliphatic heterocycles. The van der Waals surface area contributed by atoms with Crippen molar-refractivity contribution >= 4 is 27.3 Å². The SMILES string of the molecule is C[C@@H](CCc1ccccc1)NC(=O)c1ccc(CS(=O)(=O)Cc2cccc(Cl)c2)o1. The molecule has 0 spiro atoms. The molecule has 1 N–H and O–H groups in total. The van der Waals surface area contributed by atoms with E-state index < -0.39 is 9.84 Å². The van der Waals surface area contributed by atoms with Crippen molar-refractivity contribution in [1.29, 1.82) is 0 Å². The van der Waals surface area contributed by atoms with E-state index in [0.717, 1.165) is 12.8 Å². The van der Waals surface area contributed by atoms with Crippen LogP contribution in [0.25, 0.3) is 0 Å². The number of nitrogens with one attached hydrogen (secondary N) is 1. The van der Waals surface area contributed by atoms with Crippen molar-refractivity contribution in [3.8, 4) is 0 Å². The zero-order valence-electron chi connectivity index (χ0n) is 16.7. The second kappa shape index (κ2) is 9.96. The minimum Gasteiger partial charge on any atom is -0.455 e. The van der Waals surface area contributed by atoms with Crippen LogP contribution in [0.2, 0.25) is 5.02 Å². The van der Waals surface area contributed by atoms with E-state index >= 15 is 0 Å². The zero-order valence-corrected chi connectivity index (χ0v) is 18.2. The van der Waals surface area contributed by atoms with Gasteiger partial charge in [0.25, 0.3) is 5.91 Å². The predicted molar refractivity (Wildman–Crippen MR) is 118 cm³/mol. The Bertz CT molecular complexity index is 1090. The maximum Gasteiger partial charge on any atom is 0.287 e. The van der Waals surface area contributed by atoms with Crippen molar-refractivity contribution in [1.82, 2.24) is 5.32 Å². The van der Waals surface area contributed by atoms with E-state index in [-0.39, 0.29) is 35.0 Å². The fourth-order valence-corrected chi connectivity index (χ4v) is 4.71. The molecule has 2 aromatic carbocycles. The molecule has 0 aliphatic carbocycles. The van der Waals surface area contributed by atoms with Crippen LogP contribution in [0.4, 0.5) is 0 Å². The highest BCUT2D eigenvalue weighted by atomic mass is 35.5. The maximum absolute atomic E-state index is 12.5. The molecule has 0 saturated heterocycles. The summed E-state index contributed by atoms with van der Waals surface area (Å²) in [7, 11) is -3.46. The smallest absolute Gasteiger partial charge is 0.287 e. The van der Waals surface area contributed by atoms with Crippen LogP contribution in [0, 0.1) is 0 Å². The first-order valence-corrected chi connectivity index (χ1v) is 11.9. The number of aryl methyl sites for hydroxylation is 1. The number of carbonyl (C=O) groups is 1. The molecule has 0 fully saturated rings. The highest BCUT2D eigenvalue weighted by Gasteiger charge is 2.19. The van der Waals surface area contributed by atoms with Crippen LogP contribution >= 0.6 is 11.6 Å². The van der Waals surface area contributed by atoms with Gasteiger partial charge in [0.1, 0.15) is 11.5 Å². The van der Waals surface area contributed by atoms with E-state index in [1.807, 2.05) is 25.1 Å². The number of hydrogen-bond acceptors (Lipinski definition) is 4. The Morgan fingerprint density at radius 1 is 1.00 bits per heavy atom. The average Bonchev–Trinajstić information content (AvgIpc) is 3.14. The van der Waals surface area contributed by atoms with Crippen LogP contribution in [-0.2, 0) is 27.8 Å². The minimum absolute atomic E-state index is 0.0437. The summed E-state index contributed by atoms with van der Waals surface area (Å²) >= 11 is 5.91. The average molecular weight is 446 g/mol. The summed E-state index contributed by atoms with van der Waals surface area (Å²) in [5.41, 5.74) is 1.82. The number of rotatable bonds is 9. The highest BCUT2D eigenvalue weighted by molar-refractivity contribution is 7.89. The standard InChI is InChI=1S/C23H24ClNO4S/c1-17(10-11-18-6-3-2-4-7-18)25-23(26)22-13-12-21(29-22)16-30(27,28)15-19-8-5-9-20(24)14-19/h2-9,12-14,17H,10-11,15-16H2,1H3,(H,25,26)/t17-/m0/s1. The lowest BCUT2D eigenvalue weighted by Gasteiger charge is -2.12. The molecule has 1 amide bonds. The molecule has 5 nitrogen and oxygen atoms in total. The molecule has 3 aromatic rings. The van der Waals surface area contributed by atoms with Crippen LogP contribution in [0.3, 0.4) is 0 Å². The van der Waals surface area contributed by atoms with Crippen LogP contribution in [0.15, 0.2) is 71.1 Å². The largest absolute Gasteiger partial charge is 0.455 e. The van der Waals surface area contributed by atoms with Gasteiger partial charge in [0, 0.05) is 11.1 Å². The Labute approximate surface area is 182 Å². The van der Waals surface area contributed by atoms with E-state index in [1.165, 1.54) is 17.7 Å². The molecule has 3 rings (SSSR count). The molecule has 0 radical (unpaired) electrons. The molecule has 1 heterocycles. The first kappa shape index (κ1) is 22.1. The van der Waals surface area contributed by atoms with E-state index in [0.29, 0.717) is 10.6 Å². The summed E-state index contributed by atoms with van der Waals surface area (Å²) < 4.78 is 30.4. The molecule has 1 aromatic heterocycles. The topological polar surface area (TPSA) is 76.4 Å². The first-order chi connectivity index (χ1) is 14.3. The summed E-state index contributed by atoms with van der Waals surface area (Å²) in [6.45, 7) is 1.93. The van der Waals surface area contributed by atoms with Crippen molar-refractivity contribution in [2.45, 2.75) is 37.3 Å². The lowest BCUT2D eigenvalue weighted by molar-refractivity contribution is 0.0909. The van der Waals surface area contributed by atoms with Gasteiger partial charge in [0.15, 0.2) is 15.6 Å². The Balaban J connectivity index is 1.53. The van der Waals surface area contributed by atoms with Gasteiger partial charge in [-0.2, -0.15) is 0 Å². The fourth-order valence-electron chi connectivity index (χ4n) is 3.12. The van der Waals surface area contributed by atoms with Crippen LogP contribution < -0.4 is 5.32 Å². The number of carbonyl (C=O) groups excluding carboxylic acids is 1. The van der Waals surface area contributed by atoms with Crippen molar-refractivity contribution in [3.63, 3.8) is 0 Å². The van der Waals surface area contributed by atoms with Gasteiger partial charge in [-0.15, -0.1) is 0 Å². The van der Waals surface area contributed by atoms with Gasteiger partial charge in [-0.1, -0.05) is 54.1 Å². The Kier molecular flexibility index (Phi) is 7.34. The van der Waals surface area contributed by atoms with Gasteiger partial charge >= 0.3 is 0 Å². The van der Waals surface area contributed by atoms with E-state index in [9.17, 15) is 13.2 Å². The zero-order chi connectivity index (χ0) is 21.6. The maximum atomic E-state index is 12.5. The molecule has 0 aliphatic rings.